The third-order valence-corrected chi connectivity index (χ3v) is 6.40. The summed E-state index contributed by atoms with van der Waals surface area (Å²) in [5.74, 6) is 0. The Morgan fingerprint density at radius 1 is 0.946 bits per heavy atom. The third-order valence-electron chi connectivity index (χ3n) is 6.40. The summed E-state index contributed by atoms with van der Waals surface area (Å²) in [5.41, 5.74) is 0.0747. The van der Waals surface area contributed by atoms with Gasteiger partial charge >= 0.3 is 21.9 Å². The van der Waals surface area contributed by atoms with Gasteiger partial charge in [-0.1, -0.05) is 19.1 Å². The largest absolute Gasteiger partial charge is 0.640 e. The maximum atomic E-state index is 6.14. The number of hydrogen-bond acceptors (Lipinski definition) is 10. The molecule has 0 radical (unpaired) electrons. The molecule has 2 aliphatic heterocycles. The fourth-order valence-corrected chi connectivity index (χ4v) is 4.54. The number of fused-ring (bicyclic) bond motifs is 1. The minimum absolute atomic E-state index is 0.0600. The molecule has 0 amide bonds. The molecule has 0 aliphatic carbocycles. The van der Waals surface area contributed by atoms with E-state index in [0.29, 0.717) is 0 Å². The topological polar surface area (TPSA) is 105 Å². The number of benzene rings is 1. The SMILES string of the molecule is COB(OCC(C)(COB1OC(C)C(C)O1)COB1OC(C)(C)CC(C)(C)O1)n1nc2ccccc2n1. The van der Waals surface area contributed by atoms with Crippen molar-refractivity contribution in [3.8, 4) is 0 Å². The molecular formula is C23H38B3N3O8. The first-order valence-corrected chi connectivity index (χ1v) is 12.7. The van der Waals surface area contributed by atoms with E-state index in [0.717, 1.165) is 17.5 Å². The monoisotopic (exact) mass is 517 g/mol. The lowest BCUT2D eigenvalue weighted by Gasteiger charge is -2.43. The van der Waals surface area contributed by atoms with Gasteiger partial charge in [0.05, 0.1) is 23.4 Å². The molecule has 0 spiro atoms. The fraction of sp³-hybridized carbons (Fsp3) is 0.739. The Kier molecular flexibility index (Phi) is 8.71. The predicted octanol–water partition coefficient (Wildman–Crippen LogP) is 2.75. The van der Waals surface area contributed by atoms with Gasteiger partial charge in [-0.15, -0.1) is 0 Å². The second kappa shape index (κ2) is 11.3. The highest BCUT2D eigenvalue weighted by Gasteiger charge is 2.46. The summed E-state index contributed by atoms with van der Waals surface area (Å²) >= 11 is 0. The van der Waals surface area contributed by atoms with Crippen LogP contribution < -0.4 is 0 Å². The van der Waals surface area contributed by atoms with Crippen LogP contribution in [0.15, 0.2) is 24.3 Å². The Morgan fingerprint density at radius 2 is 1.46 bits per heavy atom. The average Bonchev–Trinajstić information content (AvgIpc) is 3.37. The van der Waals surface area contributed by atoms with Crippen molar-refractivity contribution in [1.82, 2.24) is 14.9 Å². The number of nitrogens with zero attached hydrogens (tertiary/aromatic N) is 3. The van der Waals surface area contributed by atoms with E-state index in [2.05, 4.69) is 10.2 Å². The van der Waals surface area contributed by atoms with Gasteiger partial charge in [0.2, 0.25) is 0 Å². The summed E-state index contributed by atoms with van der Waals surface area (Å²) in [5, 5.41) is 8.95. The summed E-state index contributed by atoms with van der Waals surface area (Å²) in [6.45, 7) is 14.6. The van der Waals surface area contributed by atoms with Crippen LogP contribution >= 0.6 is 0 Å². The summed E-state index contributed by atoms with van der Waals surface area (Å²) < 4.78 is 48.8. The molecule has 0 N–H and O–H groups in total. The van der Waals surface area contributed by atoms with E-state index in [1.54, 1.807) is 7.11 Å². The molecule has 0 saturated carbocycles. The van der Waals surface area contributed by atoms with Gasteiger partial charge in [0.15, 0.2) is 0 Å². The zero-order chi connectivity index (χ0) is 26.8. The van der Waals surface area contributed by atoms with Crippen LogP contribution in [0.1, 0.15) is 54.9 Å². The molecule has 11 nitrogen and oxygen atoms in total. The molecule has 14 heteroatoms. The van der Waals surface area contributed by atoms with Crippen LogP contribution in [0.5, 0.6) is 0 Å². The highest BCUT2D eigenvalue weighted by molar-refractivity contribution is 6.41. The van der Waals surface area contributed by atoms with E-state index in [9.17, 15) is 0 Å². The van der Waals surface area contributed by atoms with E-state index in [1.165, 1.54) is 4.71 Å². The maximum Gasteiger partial charge on any atom is 0.640 e. The highest BCUT2D eigenvalue weighted by Crippen LogP contribution is 2.34. The first kappa shape index (κ1) is 28.5. The molecule has 2 fully saturated rings. The van der Waals surface area contributed by atoms with Crippen LogP contribution in [-0.4, -0.2) is 87.1 Å². The quantitative estimate of drug-likeness (QED) is 0.414. The van der Waals surface area contributed by atoms with Crippen LogP contribution in [0.3, 0.4) is 0 Å². The molecule has 37 heavy (non-hydrogen) atoms. The molecule has 1 aromatic heterocycles. The van der Waals surface area contributed by atoms with Gasteiger partial charge in [0, 0.05) is 38.8 Å². The maximum absolute atomic E-state index is 6.14. The van der Waals surface area contributed by atoms with Crippen molar-refractivity contribution < 1.29 is 37.2 Å². The van der Waals surface area contributed by atoms with Crippen molar-refractivity contribution in [1.29, 1.82) is 0 Å². The molecule has 3 atom stereocenters. The van der Waals surface area contributed by atoms with Gasteiger partial charge < -0.3 is 37.2 Å². The Hall–Kier alpha value is -1.51. The highest BCUT2D eigenvalue weighted by atomic mass is 16.8. The smallest absolute Gasteiger partial charge is 0.393 e. The summed E-state index contributed by atoms with van der Waals surface area (Å²) in [4.78, 5) is 0. The first-order valence-electron chi connectivity index (χ1n) is 12.7. The second-order valence-electron chi connectivity index (χ2n) is 11.5. The Bertz CT molecular complexity index is 985. The minimum Gasteiger partial charge on any atom is -0.393 e. The molecule has 1 aromatic carbocycles. The summed E-state index contributed by atoms with van der Waals surface area (Å²) in [6.07, 6.45) is 0.627. The van der Waals surface area contributed by atoms with Crippen LogP contribution in [-0.2, 0) is 37.2 Å². The molecule has 2 aromatic rings. The van der Waals surface area contributed by atoms with Gasteiger partial charge in [-0.2, -0.15) is 14.9 Å². The lowest BCUT2D eigenvalue weighted by atomic mass is 9.86. The van der Waals surface area contributed by atoms with Gasteiger partial charge in [-0.25, -0.2) is 0 Å². The van der Waals surface area contributed by atoms with Crippen LogP contribution in [0.2, 0.25) is 0 Å². The van der Waals surface area contributed by atoms with Crippen molar-refractivity contribution in [2.24, 2.45) is 5.41 Å². The number of aromatic nitrogens is 3. The average molecular weight is 517 g/mol. The molecule has 4 rings (SSSR count). The zero-order valence-corrected chi connectivity index (χ0v) is 23.1. The van der Waals surface area contributed by atoms with E-state index in [-0.39, 0.29) is 43.2 Å². The van der Waals surface area contributed by atoms with Gasteiger partial charge in [-0.3, -0.25) is 0 Å². The molecule has 2 saturated heterocycles. The van der Waals surface area contributed by atoms with Gasteiger partial charge in [0.25, 0.3) is 0 Å². The summed E-state index contributed by atoms with van der Waals surface area (Å²) in [6, 6.07) is 7.58. The summed E-state index contributed by atoms with van der Waals surface area (Å²) in [7, 11) is -0.889. The van der Waals surface area contributed by atoms with E-state index >= 15 is 0 Å². The van der Waals surface area contributed by atoms with E-state index in [4.69, 9.17) is 37.2 Å². The molecule has 3 unspecified atom stereocenters. The lowest BCUT2D eigenvalue weighted by molar-refractivity contribution is -0.118. The normalized spacial score (nSPS) is 25.0. The Balaban J connectivity index is 1.43. The van der Waals surface area contributed by atoms with Crippen molar-refractivity contribution in [2.45, 2.75) is 78.3 Å². The minimum atomic E-state index is -0.842. The van der Waals surface area contributed by atoms with Gasteiger partial charge in [-0.05, 0) is 53.7 Å². The lowest BCUT2D eigenvalue weighted by Crippen LogP contribution is -2.53. The third kappa shape index (κ3) is 7.54. The van der Waals surface area contributed by atoms with Crippen molar-refractivity contribution >= 4 is 32.9 Å². The van der Waals surface area contributed by atoms with Crippen LogP contribution in [0, 0.1) is 5.41 Å². The number of rotatable bonds is 11. The second-order valence-corrected chi connectivity index (χ2v) is 11.5. The zero-order valence-electron chi connectivity index (χ0n) is 23.1. The van der Waals surface area contributed by atoms with Crippen molar-refractivity contribution in [3.63, 3.8) is 0 Å². The predicted molar refractivity (Wildman–Crippen MR) is 139 cm³/mol. The van der Waals surface area contributed by atoms with Crippen molar-refractivity contribution in [3.05, 3.63) is 24.3 Å². The first-order chi connectivity index (χ1) is 17.4. The molecular weight excluding hydrogens is 479 g/mol. The van der Waals surface area contributed by atoms with Crippen LogP contribution in [0.4, 0.5) is 0 Å². The standard InChI is InChI=1S/C23H38B3N3O8/c1-17-18(2)35-25(34-17)32-15-23(7,16-33-26-36-21(3,4)13-22(5,6)37-26)14-31-24(30-8)29-27-19-11-9-10-12-20(19)28-29/h9-12,17-18H,13-16H2,1-8H3. The number of hydrogen-bond donors (Lipinski definition) is 0. The fourth-order valence-electron chi connectivity index (χ4n) is 4.54. The molecule has 3 heterocycles. The Labute approximate surface area is 220 Å². The van der Waals surface area contributed by atoms with E-state index in [1.807, 2.05) is 72.7 Å². The van der Waals surface area contributed by atoms with Gasteiger partial charge in [0.1, 0.15) is 11.0 Å². The molecule has 202 valence electrons. The molecule has 0 bridgehead atoms. The van der Waals surface area contributed by atoms with Crippen LogP contribution in [0.25, 0.3) is 11.0 Å². The molecule has 2 aliphatic rings. The van der Waals surface area contributed by atoms with Crippen molar-refractivity contribution in [2.75, 3.05) is 26.9 Å². The van der Waals surface area contributed by atoms with E-state index < -0.39 is 27.3 Å². The Morgan fingerprint density at radius 3 is 1.97 bits per heavy atom.